The van der Waals surface area contributed by atoms with Gasteiger partial charge in [-0.15, -0.1) is 0 Å². The summed E-state index contributed by atoms with van der Waals surface area (Å²) >= 11 is 6.69. The number of halogens is 1. The normalized spacial score (nSPS) is 13.1. The summed E-state index contributed by atoms with van der Waals surface area (Å²) in [7, 11) is 2.42. The third-order valence-corrected chi connectivity index (χ3v) is 8.88. The van der Waals surface area contributed by atoms with Crippen molar-refractivity contribution in [3.63, 3.8) is 0 Å². The number of nitrogens with zero attached hydrogens (tertiary/aromatic N) is 3. The molecular weight excluding hydrogens is 656 g/mol. The third kappa shape index (κ3) is 6.65. The number of allylic oxidation sites excluding steroid dienone is 2. The second kappa shape index (κ2) is 15.5. The molecule has 254 valence electrons. The van der Waals surface area contributed by atoms with Crippen LogP contribution in [0.15, 0.2) is 150 Å². The average Bonchev–Trinajstić information content (AvgIpc) is 3.68. The fraction of sp³-hybridized carbons (Fsp3) is 0.154. The van der Waals surface area contributed by atoms with Crippen molar-refractivity contribution in [1.29, 1.82) is 0 Å². The molecule has 4 aromatic carbocycles. The van der Waals surface area contributed by atoms with Crippen molar-refractivity contribution < 1.29 is 24.0 Å². The van der Waals surface area contributed by atoms with Crippen LogP contribution in [-0.4, -0.2) is 40.6 Å². The van der Waals surface area contributed by atoms with Gasteiger partial charge >= 0.3 is 11.9 Å². The van der Waals surface area contributed by atoms with E-state index in [1.165, 1.54) is 32.4 Å². The molecule has 2 heterocycles. The maximum absolute atomic E-state index is 12.3. The third-order valence-electron chi connectivity index (χ3n) is 8.55. The van der Waals surface area contributed by atoms with Gasteiger partial charge in [0.1, 0.15) is 5.54 Å². The molecule has 1 aliphatic rings. The summed E-state index contributed by atoms with van der Waals surface area (Å²) in [6.45, 7) is 3.29. The van der Waals surface area contributed by atoms with E-state index in [9.17, 15) is 19.7 Å². The predicted octanol–water partition coefficient (Wildman–Crippen LogP) is 7.55. The summed E-state index contributed by atoms with van der Waals surface area (Å²) in [6.07, 6.45) is 5.64. The molecule has 0 bridgehead atoms. The highest BCUT2D eigenvalue weighted by atomic mass is 35.5. The summed E-state index contributed by atoms with van der Waals surface area (Å²) < 4.78 is 11.8. The molecular formula is C39H35ClN4O6. The van der Waals surface area contributed by atoms with Crippen molar-refractivity contribution in [2.24, 2.45) is 0 Å². The fourth-order valence-corrected chi connectivity index (χ4v) is 6.72. The number of hydrogen-bond donors (Lipinski definition) is 1. The monoisotopic (exact) mass is 690 g/mol. The first-order valence-electron chi connectivity index (χ1n) is 15.6. The molecule has 0 unspecified atom stereocenters. The number of esters is 2. The van der Waals surface area contributed by atoms with Gasteiger partial charge in [-0.05, 0) is 31.0 Å². The Morgan fingerprint density at radius 1 is 0.800 bits per heavy atom. The van der Waals surface area contributed by atoms with Gasteiger partial charge in [0.05, 0.1) is 42.5 Å². The molecule has 0 aliphatic carbocycles. The van der Waals surface area contributed by atoms with Crippen molar-refractivity contribution in [1.82, 2.24) is 14.9 Å². The van der Waals surface area contributed by atoms with Crippen LogP contribution in [0.4, 0.5) is 5.69 Å². The maximum Gasteiger partial charge on any atom is 0.336 e. The van der Waals surface area contributed by atoms with Crippen LogP contribution in [0, 0.1) is 10.1 Å². The van der Waals surface area contributed by atoms with Gasteiger partial charge in [-0.1, -0.05) is 109 Å². The van der Waals surface area contributed by atoms with Crippen LogP contribution in [-0.2, 0) is 24.6 Å². The van der Waals surface area contributed by atoms with Crippen LogP contribution in [0.5, 0.6) is 0 Å². The SMILES string of the molecule is COC(=O)C1=C(C)NC(C)=C(C(=O)OC)C1c1ccccc1[N+](=O)[O-].Clc1ccccc1C(c1ccccc1)(c1ccccc1)n1ccnc1. The molecule has 10 nitrogen and oxygen atoms in total. The van der Waals surface area contributed by atoms with E-state index in [-0.39, 0.29) is 22.4 Å². The number of carbonyl (C=O) groups excluding carboxylic acids is 2. The van der Waals surface area contributed by atoms with Crippen LogP contribution in [0.3, 0.4) is 0 Å². The Hall–Kier alpha value is -6.00. The van der Waals surface area contributed by atoms with Gasteiger partial charge in [-0.2, -0.15) is 0 Å². The van der Waals surface area contributed by atoms with Gasteiger partial charge in [-0.25, -0.2) is 14.6 Å². The molecule has 1 aromatic heterocycles. The Labute approximate surface area is 294 Å². The van der Waals surface area contributed by atoms with Gasteiger partial charge in [-0.3, -0.25) is 10.1 Å². The minimum atomic E-state index is -0.970. The number of rotatable bonds is 8. The van der Waals surface area contributed by atoms with Crippen LogP contribution >= 0.6 is 11.6 Å². The Kier molecular flexibility index (Phi) is 10.9. The molecule has 0 atom stereocenters. The topological polar surface area (TPSA) is 126 Å². The molecule has 5 aromatic rings. The number of benzene rings is 4. The van der Waals surface area contributed by atoms with Crippen molar-refractivity contribution in [2.75, 3.05) is 14.2 Å². The van der Waals surface area contributed by atoms with Crippen LogP contribution in [0.1, 0.15) is 42.0 Å². The first-order valence-corrected chi connectivity index (χ1v) is 16.0. The van der Waals surface area contributed by atoms with Crippen molar-refractivity contribution in [3.8, 4) is 0 Å². The molecule has 11 heteroatoms. The molecule has 0 fully saturated rings. The number of carbonyl (C=O) groups is 2. The fourth-order valence-electron chi connectivity index (χ4n) is 6.45. The molecule has 0 spiro atoms. The van der Waals surface area contributed by atoms with E-state index in [0.717, 1.165) is 21.7 Å². The van der Waals surface area contributed by atoms with Crippen molar-refractivity contribution in [3.05, 3.63) is 188 Å². The number of hydrogen-bond acceptors (Lipinski definition) is 8. The molecule has 1 aliphatic heterocycles. The Balaban J connectivity index is 0.000000194. The van der Waals surface area contributed by atoms with E-state index in [0.29, 0.717) is 11.4 Å². The minimum absolute atomic E-state index is 0.128. The molecule has 0 saturated carbocycles. The highest BCUT2D eigenvalue weighted by Crippen LogP contribution is 2.44. The number of nitro benzene ring substituents is 1. The number of aromatic nitrogens is 2. The lowest BCUT2D eigenvalue weighted by atomic mass is 9.76. The highest BCUT2D eigenvalue weighted by molar-refractivity contribution is 6.31. The predicted molar refractivity (Wildman–Crippen MR) is 190 cm³/mol. The van der Waals surface area contributed by atoms with Crippen molar-refractivity contribution >= 4 is 29.2 Å². The zero-order valence-electron chi connectivity index (χ0n) is 27.9. The van der Waals surface area contributed by atoms with Gasteiger partial charge in [0.15, 0.2) is 0 Å². The van der Waals surface area contributed by atoms with E-state index in [2.05, 4.69) is 69.5 Å². The van der Waals surface area contributed by atoms with E-state index < -0.39 is 28.3 Å². The van der Waals surface area contributed by atoms with Gasteiger partial charge in [0.25, 0.3) is 5.69 Å². The Morgan fingerprint density at radius 2 is 1.30 bits per heavy atom. The number of nitrogens with one attached hydrogen (secondary N) is 1. The highest BCUT2D eigenvalue weighted by Gasteiger charge is 2.41. The molecule has 50 heavy (non-hydrogen) atoms. The first-order chi connectivity index (χ1) is 24.2. The lowest BCUT2D eigenvalue weighted by Crippen LogP contribution is -2.37. The quantitative estimate of drug-likeness (QED) is 0.0766. The van der Waals surface area contributed by atoms with Gasteiger partial charge < -0.3 is 19.4 Å². The molecule has 6 rings (SSSR count). The number of para-hydroxylation sites is 1. The second-order valence-corrected chi connectivity index (χ2v) is 11.7. The molecule has 0 radical (unpaired) electrons. The summed E-state index contributed by atoms with van der Waals surface area (Å²) in [5.74, 6) is -2.33. The number of imidazole rings is 1. The number of nitro groups is 1. The van der Waals surface area contributed by atoms with Gasteiger partial charge in [0, 0.05) is 46.0 Å². The standard InChI is InChI=1S/C22H17ClN2.C17H18N2O6/c23-21-14-8-7-13-20(21)22(25-16-15-24-17-25,18-9-3-1-4-10-18)19-11-5-2-6-12-19;1-9-13(16(20)24-3)15(14(10(2)18-9)17(21)25-4)11-7-5-6-8-12(11)19(22)23/h1-17H;5-8,15,18H,1-4H3. The van der Waals surface area contributed by atoms with Crippen LogP contribution < -0.4 is 5.32 Å². The summed E-state index contributed by atoms with van der Waals surface area (Å²) in [6, 6.07) is 34.8. The maximum atomic E-state index is 12.3. The van der Waals surface area contributed by atoms with Gasteiger partial charge in [0.2, 0.25) is 0 Å². The Bertz CT molecular complexity index is 1980. The average molecular weight is 691 g/mol. The number of ether oxygens (including phenoxy) is 2. The summed E-state index contributed by atoms with van der Waals surface area (Å²) in [5.41, 5.74) is 3.89. The smallest absolute Gasteiger partial charge is 0.336 e. The summed E-state index contributed by atoms with van der Waals surface area (Å²) in [4.78, 5) is 39.9. The van der Waals surface area contributed by atoms with E-state index in [1.807, 2.05) is 42.9 Å². The largest absolute Gasteiger partial charge is 0.466 e. The number of dihydropyridines is 1. The first kappa shape index (κ1) is 35.3. The lowest BCUT2D eigenvalue weighted by Gasteiger charge is -2.37. The minimum Gasteiger partial charge on any atom is -0.466 e. The summed E-state index contributed by atoms with van der Waals surface area (Å²) in [5, 5.41) is 15.1. The zero-order valence-corrected chi connectivity index (χ0v) is 28.6. The molecule has 0 amide bonds. The van der Waals surface area contributed by atoms with E-state index >= 15 is 0 Å². The van der Waals surface area contributed by atoms with E-state index in [4.69, 9.17) is 21.1 Å². The number of methoxy groups -OCH3 is 2. The van der Waals surface area contributed by atoms with Crippen LogP contribution in [0.2, 0.25) is 5.02 Å². The zero-order chi connectivity index (χ0) is 35.8. The van der Waals surface area contributed by atoms with Crippen molar-refractivity contribution in [2.45, 2.75) is 25.3 Å². The Morgan fingerprint density at radius 3 is 1.78 bits per heavy atom. The lowest BCUT2D eigenvalue weighted by molar-refractivity contribution is -0.385. The second-order valence-electron chi connectivity index (χ2n) is 11.3. The van der Waals surface area contributed by atoms with E-state index in [1.54, 1.807) is 26.1 Å². The molecule has 1 N–H and O–H groups in total. The molecule has 0 saturated heterocycles. The van der Waals surface area contributed by atoms with Crippen LogP contribution in [0.25, 0.3) is 0 Å².